The lowest BCUT2D eigenvalue weighted by atomic mass is 9.86. The number of aliphatic hydroxyl groups is 1. The van der Waals surface area contributed by atoms with Gasteiger partial charge in [-0.2, -0.15) is 0 Å². The van der Waals surface area contributed by atoms with Crippen LogP contribution in [-0.2, 0) is 5.60 Å². The van der Waals surface area contributed by atoms with Gasteiger partial charge in [0.2, 0.25) is 0 Å². The van der Waals surface area contributed by atoms with Crippen molar-refractivity contribution >= 4 is 0 Å². The normalized spacial score (nSPS) is 14.2. The second-order valence-electron chi connectivity index (χ2n) is 4.05. The maximum Gasteiger partial charge on any atom is 0.132 e. The molecule has 0 aromatic heterocycles. The molecule has 4 heteroatoms. The van der Waals surface area contributed by atoms with E-state index < -0.39 is 17.2 Å². The molecular weight excluding hydrogens is 236 g/mol. The summed E-state index contributed by atoms with van der Waals surface area (Å²) < 4.78 is 26.7. The van der Waals surface area contributed by atoms with Gasteiger partial charge in [0.1, 0.15) is 17.2 Å². The number of benzene rings is 2. The largest absolute Gasteiger partial charge is 0.379 e. The van der Waals surface area contributed by atoms with E-state index in [0.717, 1.165) is 12.1 Å². The average molecular weight is 249 g/mol. The second kappa shape index (κ2) is 4.84. The van der Waals surface area contributed by atoms with Crippen LogP contribution in [-0.4, -0.2) is 11.7 Å². The Morgan fingerprint density at radius 3 is 2.28 bits per heavy atom. The Morgan fingerprint density at radius 1 is 1.06 bits per heavy atom. The van der Waals surface area contributed by atoms with E-state index in [2.05, 4.69) is 0 Å². The van der Waals surface area contributed by atoms with Gasteiger partial charge in [-0.05, 0) is 17.7 Å². The van der Waals surface area contributed by atoms with Crippen LogP contribution in [0.2, 0.25) is 0 Å². The smallest absolute Gasteiger partial charge is 0.132 e. The molecule has 0 bridgehead atoms. The molecule has 18 heavy (non-hydrogen) atoms. The number of halogens is 2. The van der Waals surface area contributed by atoms with E-state index in [1.165, 1.54) is 6.07 Å². The highest BCUT2D eigenvalue weighted by molar-refractivity contribution is 5.37. The van der Waals surface area contributed by atoms with Crippen LogP contribution in [0.25, 0.3) is 0 Å². The third-order valence-electron chi connectivity index (χ3n) is 2.92. The van der Waals surface area contributed by atoms with Crippen LogP contribution in [0, 0.1) is 11.6 Å². The number of rotatable bonds is 3. The molecule has 94 valence electrons. The first-order valence-corrected chi connectivity index (χ1v) is 5.51. The Balaban J connectivity index is 2.57. The summed E-state index contributed by atoms with van der Waals surface area (Å²) in [6.45, 7) is -0.195. The van der Waals surface area contributed by atoms with Crippen molar-refractivity contribution in [3.8, 4) is 0 Å². The van der Waals surface area contributed by atoms with Crippen molar-refractivity contribution in [3.63, 3.8) is 0 Å². The van der Waals surface area contributed by atoms with Gasteiger partial charge in [0, 0.05) is 18.2 Å². The molecule has 3 N–H and O–H groups in total. The Hall–Kier alpha value is -1.78. The molecule has 0 saturated heterocycles. The minimum absolute atomic E-state index is 0.0300. The highest BCUT2D eigenvalue weighted by Gasteiger charge is 2.32. The summed E-state index contributed by atoms with van der Waals surface area (Å²) in [6, 6.07) is 11.6. The van der Waals surface area contributed by atoms with Gasteiger partial charge < -0.3 is 10.8 Å². The first kappa shape index (κ1) is 12.7. The zero-order valence-corrected chi connectivity index (χ0v) is 9.61. The van der Waals surface area contributed by atoms with Gasteiger partial charge in [0.15, 0.2) is 0 Å². The molecule has 0 radical (unpaired) electrons. The molecule has 0 aliphatic rings. The monoisotopic (exact) mass is 249 g/mol. The van der Waals surface area contributed by atoms with Crippen molar-refractivity contribution in [1.29, 1.82) is 0 Å². The quantitative estimate of drug-likeness (QED) is 0.875. The molecule has 0 aliphatic heterocycles. The molecule has 1 atom stereocenters. The van der Waals surface area contributed by atoms with Crippen LogP contribution >= 0.6 is 0 Å². The molecule has 0 amide bonds. The fraction of sp³-hybridized carbons (Fsp3) is 0.143. The number of hydrogen-bond donors (Lipinski definition) is 2. The van der Waals surface area contributed by atoms with Crippen molar-refractivity contribution in [1.82, 2.24) is 0 Å². The molecule has 2 aromatic carbocycles. The van der Waals surface area contributed by atoms with Gasteiger partial charge in [0.25, 0.3) is 0 Å². The van der Waals surface area contributed by atoms with Crippen molar-refractivity contribution in [2.45, 2.75) is 5.60 Å². The maximum atomic E-state index is 13.8. The minimum atomic E-state index is -1.65. The molecule has 2 nitrogen and oxygen atoms in total. The molecular formula is C14H13F2NO. The van der Waals surface area contributed by atoms with Gasteiger partial charge in [-0.1, -0.05) is 30.3 Å². The van der Waals surface area contributed by atoms with E-state index >= 15 is 0 Å². The predicted octanol–water partition coefficient (Wildman–Crippen LogP) is 2.16. The van der Waals surface area contributed by atoms with Crippen LogP contribution in [0.1, 0.15) is 11.1 Å². The van der Waals surface area contributed by atoms with Gasteiger partial charge in [-0.3, -0.25) is 0 Å². The van der Waals surface area contributed by atoms with E-state index in [-0.39, 0.29) is 12.1 Å². The highest BCUT2D eigenvalue weighted by atomic mass is 19.1. The summed E-state index contributed by atoms with van der Waals surface area (Å²) in [5.41, 5.74) is 4.35. The van der Waals surface area contributed by atoms with Crippen LogP contribution in [0.5, 0.6) is 0 Å². The zero-order valence-electron chi connectivity index (χ0n) is 9.61. The second-order valence-corrected chi connectivity index (χ2v) is 4.05. The lowest BCUT2D eigenvalue weighted by Crippen LogP contribution is -2.37. The highest BCUT2D eigenvalue weighted by Crippen LogP contribution is 2.30. The first-order chi connectivity index (χ1) is 8.58. The van der Waals surface area contributed by atoms with Crippen molar-refractivity contribution < 1.29 is 13.9 Å². The predicted molar refractivity (Wildman–Crippen MR) is 64.9 cm³/mol. The molecule has 0 saturated carbocycles. The van der Waals surface area contributed by atoms with Crippen LogP contribution in [0.4, 0.5) is 8.78 Å². The summed E-state index contributed by atoms with van der Waals surface area (Å²) in [5.74, 6) is -1.50. The Kier molecular flexibility index (Phi) is 3.41. The molecule has 0 spiro atoms. The van der Waals surface area contributed by atoms with E-state index in [1.807, 2.05) is 0 Å². The topological polar surface area (TPSA) is 46.2 Å². The molecule has 0 fully saturated rings. The summed E-state index contributed by atoms with van der Waals surface area (Å²) in [7, 11) is 0. The van der Waals surface area contributed by atoms with Crippen LogP contribution in [0.3, 0.4) is 0 Å². The maximum absolute atomic E-state index is 13.8. The number of hydrogen-bond acceptors (Lipinski definition) is 2. The van der Waals surface area contributed by atoms with Gasteiger partial charge in [-0.25, -0.2) is 8.78 Å². The third-order valence-corrected chi connectivity index (χ3v) is 2.92. The minimum Gasteiger partial charge on any atom is -0.379 e. The Bertz CT molecular complexity index is 545. The van der Waals surface area contributed by atoms with Crippen LogP contribution in [0.15, 0.2) is 48.5 Å². The lowest BCUT2D eigenvalue weighted by Gasteiger charge is -2.28. The standard InChI is InChI=1S/C14H13F2NO/c15-11-6-7-12(13(16)8-11)14(18,9-17)10-4-2-1-3-5-10/h1-8,18H,9,17H2. The summed E-state index contributed by atoms with van der Waals surface area (Å²) in [4.78, 5) is 0. The molecule has 0 aliphatic carbocycles. The fourth-order valence-corrected chi connectivity index (χ4v) is 1.92. The third kappa shape index (κ3) is 2.12. The van der Waals surface area contributed by atoms with E-state index in [0.29, 0.717) is 5.56 Å². The Morgan fingerprint density at radius 2 is 1.72 bits per heavy atom. The lowest BCUT2D eigenvalue weighted by molar-refractivity contribution is 0.0860. The van der Waals surface area contributed by atoms with Gasteiger partial charge in [0.05, 0.1) is 0 Å². The van der Waals surface area contributed by atoms with Gasteiger partial charge in [-0.15, -0.1) is 0 Å². The first-order valence-electron chi connectivity index (χ1n) is 5.51. The molecule has 2 aromatic rings. The van der Waals surface area contributed by atoms with E-state index in [4.69, 9.17) is 5.73 Å². The average Bonchev–Trinajstić information content (AvgIpc) is 2.39. The van der Waals surface area contributed by atoms with Crippen LogP contribution < -0.4 is 5.73 Å². The SMILES string of the molecule is NCC(O)(c1ccccc1)c1ccc(F)cc1F. The van der Waals surface area contributed by atoms with E-state index in [1.54, 1.807) is 30.3 Å². The van der Waals surface area contributed by atoms with E-state index in [9.17, 15) is 13.9 Å². The van der Waals surface area contributed by atoms with Crippen molar-refractivity contribution in [2.75, 3.05) is 6.54 Å². The summed E-state index contributed by atoms with van der Waals surface area (Å²) in [5, 5.41) is 10.5. The summed E-state index contributed by atoms with van der Waals surface area (Å²) >= 11 is 0. The zero-order chi connectivity index (χ0) is 13.2. The number of nitrogens with two attached hydrogens (primary N) is 1. The van der Waals surface area contributed by atoms with Gasteiger partial charge >= 0.3 is 0 Å². The molecule has 2 rings (SSSR count). The fourth-order valence-electron chi connectivity index (χ4n) is 1.92. The van der Waals surface area contributed by atoms with Crippen molar-refractivity contribution in [3.05, 3.63) is 71.3 Å². The molecule has 1 unspecified atom stereocenters. The van der Waals surface area contributed by atoms with Crippen molar-refractivity contribution in [2.24, 2.45) is 5.73 Å². The Labute approximate surface area is 104 Å². The molecule has 0 heterocycles. The summed E-state index contributed by atoms with van der Waals surface area (Å²) in [6.07, 6.45) is 0.